The third kappa shape index (κ3) is 5.33. The lowest BCUT2D eigenvalue weighted by atomic mass is 9.90. The second-order valence-corrected chi connectivity index (χ2v) is 8.09. The monoisotopic (exact) mass is 405 g/mol. The maximum atomic E-state index is 12.8. The molecule has 0 bridgehead atoms. The van der Waals surface area contributed by atoms with Crippen molar-refractivity contribution < 1.29 is 9.59 Å². The molecule has 2 heterocycles. The number of amides is 2. The van der Waals surface area contributed by atoms with Gasteiger partial charge in [0.05, 0.1) is 12.1 Å². The molecule has 0 saturated carbocycles. The van der Waals surface area contributed by atoms with E-state index in [2.05, 4.69) is 21.0 Å². The first kappa shape index (κ1) is 21.9. The van der Waals surface area contributed by atoms with Gasteiger partial charge in [-0.15, -0.1) is 12.4 Å². The fourth-order valence-electron chi connectivity index (χ4n) is 3.29. The second-order valence-electron chi connectivity index (χ2n) is 8.09. The zero-order valence-electron chi connectivity index (χ0n) is 16.7. The maximum Gasteiger partial charge on any atom is 0.251 e. The van der Waals surface area contributed by atoms with E-state index < -0.39 is 0 Å². The Bertz CT molecular complexity index is 826. The van der Waals surface area contributed by atoms with Gasteiger partial charge in [0, 0.05) is 49.0 Å². The summed E-state index contributed by atoms with van der Waals surface area (Å²) in [6.45, 7) is 7.21. The largest absolute Gasteiger partial charge is 0.347 e. The van der Waals surface area contributed by atoms with E-state index in [0.717, 1.165) is 12.1 Å². The van der Waals surface area contributed by atoms with Crippen LogP contribution in [0.2, 0.25) is 0 Å². The number of benzene rings is 1. The lowest BCUT2D eigenvalue weighted by Gasteiger charge is -2.20. The lowest BCUT2D eigenvalue weighted by molar-refractivity contribution is -0.119. The molecule has 28 heavy (non-hydrogen) atoms. The fraction of sp³-hybridized carbons (Fsp3) is 0.450. The summed E-state index contributed by atoms with van der Waals surface area (Å²) in [4.78, 5) is 24.9. The second kappa shape index (κ2) is 8.75. The zero-order chi connectivity index (χ0) is 19.6. The molecule has 1 aliphatic rings. The molecule has 7 nitrogen and oxygen atoms in total. The highest BCUT2D eigenvalue weighted by Gasteiger charge is 2.34. The van der Waals surface area contributed by atoms with Crippen LogP contribution in [0.3, 0.4) is 0 Å². The zero-order valence-corrected chi connectivity index (χ0v) is 17.5. The molecule has 0 aliphatic carbocycles. The molecule has 1 saturated heterocycles. The van der Waals surface area contributed by atoms with Crippen LogP contribution < -0.4 is 16.0 Å². The molecule has 3 rings (SSSR count). The molecule has 2 atom stereocenters. The van der Waals surface area contributed by atoms with E-state index >= 15 is 0 Å². The summed E-state index contributed by atoms with van der Waals surface area (Å²) in [5, 5.41) is 13.4. The SMILES string of the molecule is Cl.Cn1cc([C@H]2CNC[C@@H]2C(=O)Nc2ccc(C(=O)NC(C)(C)C)cc2)cn1. The fourth-order valence-corrected chi connectivity index (χ4v) is 3.29. The predicted octanol–water partition coefficient (Wildman–Crippen LogP) is 2.31. The van der Waals surface area contributed by atoms with Crippen molar-refractivity contribution in [3.8, 4) is 0 Å². The van der Waals surface area contributed by atoms with Crippen molar-refractivity contribution in [1.82, 2.24) is 20.4 Å². The van der Waals surface area contributed by atoms with E-state index in [1.165, 1.54) is 0 Å². The molecule has 2 amide bonds. The third-order valence-electron chi connectivity index (χ3n) is 4.61. The minimum atomic E-state index is -0.291. The molecule has 1 aromatic heterocycles. The van der Waals surface area contributed by atoms with Gasteiger partial charge in [0.25, 0.3) is 5.91 Å². The van der Waals surface area contributed by atoms with Gasteiger partial charge in [-0.3, -0.25) is 14.3 Å². The van der Waals surface area contributed by atoms with Crippen LogP contribution >= 0.6 is 12.4 Å². The molecule has 1 aromatic carbocycles. The topological polar surface area (TPSA) is 88.0 Å². The number of nitrogens with one attached hydrogen (secondary N) is 3. The van der Waals surface area contributed by atoms with Crippen LogP contribution in [0.25, 0.3) is 0 Å². The third-order valence-corrected chi connectivity index (χ3v) is 4.61. The van der Waals surface area contributed by atoms with Crippen LogP contribution in [0, 0.1) is 5.92 Å². The standard InChI is InChI=1S/C20H27N5O2.ClH/c1-20(2,3)24-18(26)13-5-7-15(8-6-13)23-19(27)17-11-21-10-16(17)14-9-22-25(4)12-14;/h5-9,12,16-17,21H,10-11H2,1-4H3,(H,23,27)(H,24,26);1H/t16-,17+;/m1./s1. The van der Waals surface area contributed by atoms with Gasteiger partial charge in [-0.1, -0.05) is 0 Å². The van der Waals surface area contributed by atoms with E-state index in [4.69, 9.17) is 0 Å². The Morgan fingerprint density at radius 3 is 2.43 bits per heavy atom. The molecule has 0 unspecified atom stereocenters. The summed E-state index contributed by atoms with van der Waals surface area (Å²) in [6, 6.07) is 6.97. The maximum absolute atomic E-state index is 12.8. The van der Waals surface area contributed by atoms with Gasteiger partial charge in [-0.2, -0.15) is 5.10 Å². The first-order chi connectivity index (χ1) is 12.7. The van der Waals surface area contributed by atoms with Crippen molar-refractivity contribution in [1.29, 1.82) is 0 Å². The summed E-state index contributed by atoms with van der Waals surface area (Å²) in [5.74, 6) is -0.202. The number of nitrogens with zero attached hydrogens (tertiary/aromatic N) is 2. The average molecular weight is 406 g/mol. The first-order valence-corrected chi connectivity index (χ1v) is 9.15. The quantitative estimate of drug-likeness (QED) is 0.728. The Kier molecular flexibility index (Phi) is 6.85. The Hall–Kier alpha value is -2.38. The van der Waals surface area contributed by atoms with Gasteiger partial charge in [0.15, 0.2) is 0 Å². The van der Waals surface area contributed by atoms with Crippen molar-refractivity contribution in [2.24, 2.45) is 13.0 Å². The Balaban J connectivity index is 0.00000280. The van der Waals surface area contributed by atoms with Gasteiger partial charge in [-0.25, -0.2) is 0 Å². The van der Waals surface area contributed by atoms with Crippen LogP contribution in [0.5, 0.6) is 0 Å². The van der Waals surface area contributed by atoms with E-state index in [0.29, 0.717) is 17.8 Å². The van der Waals surface area contributed by atoms with E-state index in [-0.39, 0.29) is 41.6 Å². The number of anilines is 1. The van der Waals surface area contributed by atoms with Gasteiger partial charge < -0.3 is 16.0 Å². The van der Waals surface area contributed by atoms with E-state index in [1.807, 2.05) is 40.2 Å². The van der Waals surface area contributed by atoms with Gasteiger partial charge in [-0.05, 0) is 50.6 Å². The summed E-state index contributed by atoms with van der Waals surface area (Å²) in [5.41, 5.74) is 2.03. The molecule has 1 fully saturated rings. The number of carbonyl (C=O) groups is 2. The van der Waals surface area contributed by atoms with Gasteiger partial charge in [0.2, 0.25) is 5.91 Å². The molecule has 152 valence electrons. The van der Waals surface area contributed by atoms with Crippen molar-refractivity contribution in [2.75, 3.05) is 18.4 Å². The van der Waals surface area contributed by atoms with Crippen LogP contribution in [-0.2, 0) is 11.8 Å². The minimum Gasteiger partial charge on any atom is -0.347 e. The molecule has 0 spiro atoms. The molecule has 2 aromatic rings. The number of aryl methyl sites for hydroxylation is 1. The smallest absolute Gasteiger partial charge is 0.251 e. The number of aromatic nitrogens is 2. The lowest BCUT2D eigenvalue weighted by Crippen LogP contribution is -2.40. The van der Waals surface area contributed by atoms with Crippen LogP contribution in [0.15, 0.2) is 36.7 Å². The number of rotatable bonds is 4. The van der Waals surface area contributed by atoms with Crippen molar-refractivity contribution in [2.45, 2.75) is 32.2 Å². The number of halogens is 1. The van der Waals surface area contributed by atoms with Crippen molar-refractivity contribution in [3.63, 3.8) is 0 Å². The Morgan fingerprint density at radius 1 is 1.18 bits per heavy atom. The van der Waals surface area contributed by atoms with E-state index in [9.17, 15) is 9.59 Å². The molecular weight excluding hydrogens is 378 g/mol. The van der Waals surface area contributed by atoms with Crippen molar-refractivity contribution >= 4 is 29.9 Å². The van der Waals surface area contributed by atoms with E-state index in [1.54, 1.807) is 28.9 Å². The van der Waals surface area contributed by atoms with Crippen molar-refractivity contribution in [3.05, 3.63) is 47.8 Å². The summed E-state index contributed by atoms with van der Waals surface area (Å²) in [6.07, 6.45) is 3.78. The highest BCUT2D eigenvalue weighted by Crippen LogP contribution is 2.28. The Morgan fingerprint density at radius 2 is 1.86 bits per heavy atom. The van der Waals surface area contributed by atoms with Crippen LogP contribution in [0.1, 0.15) is 42.6 Å². The van der Waals surface area contributed by atoms with Gasteiger partial charge >= 0.3 is 0 Å². The molecule has 3 N–H and O–H groups in total. The Labute approximate surface area is 171 Å². The molecule has 1 aliphatic heterocycles. The van der Waals surface area contributed by atoms with Crippen LogP contribution in [-0.4, -0.2) is 40.2 Å². The molecule has 0 radical (unpaired) electrons. The highest BCUT2D eigenvalue weighted by molar-refractivity contribution is 5.96. The van der Waals surface area contributed by atoms with Gasteiger partial charge in [0.1, 0.15) is 0 Å². The number of hydrogen-bond donors (Lipinski definition) is 3. The average Bonchev–Trinajstić information content (AvgIpc) is 3.22. The summed E-state index contributed by atoms with van der Waals surface area (Å²) in [7, 11) is 1.87. The molecular formula is C20H28ClN5O2. The minimum absolute atomic E-state index is 0. The number of hydrogen-bond acceptors (Lipinski definition) is 4. The normalized spacial score (nSPS) is 19.0. The highest BCUT2D eigenvalue weighted by atomic mass is 35.5. The summed E-state index contributed by atoms with van der Waals surface area (Å²) < 4.78 is 1.75. The van der Waals surface area contributed by atoms with Crippen LogP contribution in [0.4, 0.5) is 5.69 Å². The summed E-state index contributed by atoms with van der Waals surface area (Å²) >= 11 is 0. The molecule has 8 heteroatoms. The predicted molar refractivity (Wildman–Crippen MR) is 112 cm³/mol. The number of carbonyl (C=O) groups excluding carboxylic acids is 2. The first-order valence-electron chi connectivity index (χ1n) is 9.15.